The summed E-state index contributed by atoms with van der Waals surface area (Å²) in [4.78, 5) is 37.4. The van der Waals surface area contributed by atoms with Crippen molar-refractivity contribution in [2.24, 2.45) is 0 Å². The Morgan fingerprint density at radius 3 is 1.23 bits per heavy atom. The molecule has 0 spiro atoms. The van der Waals surface area contributed by atoms with Gasteiger partial charge in [-0.1, -0.05) is 195 Å². The van der Waals surface area contributed by atoms with Crippen LogP contribution >= 0.6 is 0 Å². The summed E-state index contributed by atoms with van der Waals surface area (Å²) in [6, 6.07) is 0. The fraction of sp³-hybridized carbons (Fsp3) is 0.683. The van der Waals surface area contributed by atoms with Crippen LogP contribution in [0.4, 0.5) is 0 Å². The number of carboxylic acids is 1. The van der Waals surface area contributed by atoms with E-state index in [-0.39, 0.29) is 38.6 Å². The molecule has 2 unspecified atom stereocenters. The molecular weight excluding hydrogens is 863 g/mol. The van der Waals surface area contributed by atoms with E-state index in [9.17, 15) is 19.5 Å². The first kappa shape index (κ1) is 65.2. The molecule has 1 N–H and O–H groups in total. The van der Waals surface area contributed by atoms with Gasteiger partial charge in [0.1, 0.15) is 13.2 Å². The van der Waals surface area contributed by atoms with Crippen LogP contribution in [0.3, 0.4) is 0 Å². The zero-order valence-electron chi connectivity index (χ0n) is 44.7. The van der Waals surface area contributed by atoms with Crippen LogP contribution in [0.1, 0.15) is 206 Å². The van der Waals surface area contributed by atoms with Crippen molar-refractivity contribution >= 4 is 17.9 Å². The third-order valence-electron chi connectivity index (χ3n) is 11.3. The molecule has 0 fully saturated rings. The normalized spacial score (nSPS) is 13.6. The van der Waals surface area contributed by atoms with Gasteiger partial charge in [0.2, 0.25) is 0 Å². The Morgan fingerprint density at radius 1 is 0.449 bits per heavy atom. The summed E-state index contributed by atoms with van der Waals surface area (Å²) < 4.78 is 22.8. The monoisotopic (exact) mass is 965 g/mol. The maximum atomic E-state index is 12.8. The van der Waals surface area contributed by atoms with Crippen molar-refractivity contribution in [2.75, 3.05) is 47.5 Å². The third kappa shape index (κ3) is 51.9. The molecule has 394 valence electrons. The van der Waals surface area contributed by atoms with Gasteiger partial charge in [-0.25, -0.2) is 4.79 Å². The van der Waals surface area contributed by atoms with Crippen molar-refractivity contribution in [3.63, 3.8) is 0 Å². The quantitative estimate of drug-likeness (QED) is 0.0211. The number of unbranched alkanes of at least 4 members (excludes halogenated alkanes) is 18. The first-order chi connectivity index (χ1) is 33.6. The Hall–Kier alpha value is -3.79. The molecular formula is C60H102NO8+. The number of aliphatic carboxylic acids is 1. The molecule has 0 aromatic rings. The number of allylic oxidation sites excluding steroid dienone is 16. The summed E-state index contributed by atoms with van der Waals surface area (Å²) in [7, 11) is 5.95. The number of hydrogen-bond donors (Lipinski definition) is 1. The summed E-state index contributed by atoms with van der Waals surface area (Å²) in [6.07, 6.45) is 64.7. The molecule has 9 heteroatoms. The van der Waals surface area contributed by atoms with Crippen molar-refractivity contribution in [1.82, 2.24) is 0 Å². The number of ether oxygens (including phenoxy) is 4. The topological polar surface area (TPSA) is 108 Å². The molecule has 0 aliphatic rings. The predicted octanol–water partition coefficient (Wildman–Crippen LogP) is 15.8. The second-order valence-electron chi connectivity index (χ2n) is 19.2. The lowest BCUT2D eigenvalue weighted by atomic mass is 10.1. The van der Waals surface area contributed by atoms with E-state index in [1.54, 1.807) is 0 Å². The molecule has 0 bridgehead atoms. The fourth-order valence-electron chi connectivity index (χ4n) is 7.10. The number of esters is 2. The molecule has 0 aromatic carbocycles. The smallest absolute Gasteiger partial charge is 0.361 e. The van der Waals surface area contributed by atoms with Crippen LogP contribution in [0.5, 0.6) is 0 Å². The van der Waals surface area contributed by atoms with E-state index in [0.29, 0.717) is 17.4 Å². The largest absolute Gasteiger partial charge is 0.477 e. The van der Waals surface area contributed by atoms with E-state index >= 15 is 0 Å². The number of carboxylic acid groups (broad SMARTS) is 1. The lowest BCUT2D eigenvalue weighted by molar-refractivity contribution is -0.870. The zero-order chi connectivity index (χ0) is 50.6. The number of rotatable bonds is 49. The van der Waals surface area contributed by atoms with Gasteiger partial charge in [0, 0.05) is 12.8 Å². The second kappa shape index (κ2) is 50.6. The van der Waals surface area contributed by atoms with Crippen molar-refractivity contribution in [2.45, 2.75) is 219 Å². The molecule has 0 heterocycles. The minimum Gasteiger partial charge on any atom is -0.477 e. The van der Waals surface area contributed by atoms with Gasteiger partial charge in [-0.2, -0.15) is 0 Å². The first-order valence-electron chi connectivity index (χ1n) is 27.4. The molecule has 2 atom stereocenters. The van der Waals surface area contributed by atoms with E-state index in [1.165, 1.54) is 64.2 Å². The van der Waals surface area contributed by atoms with Crippen molar-refractivity contribution in [3.05, 3.63) is 97.2 Å². The SMILES string of the molecule is CC/C=C\C/C=C\C/C=C\C/C=C\C/C=C\CCCCCCCC(=O)OC(COC(=O)CCCCCCCCCC/C=C\C/C=C\C/C=C\CCCCCCC)COC(OCC[N+](C)(C)C)C(=O)O. The second-order valence-corrected chi connectivity index (χ2v) is 19.2. The molecule has 9 nitrogen and oxygen atoms in total. The van der Waals surface area contributed by atoms with Crippen LogP contribution in [0.2, 0.25) is 0 Å². The highest BCUT2D eigenvalue weighted by Gasteiger charge is 2.25. The summed E-state index contributed by atoms with van der Waals surface area (Å²) in [6.45, 7) is 4.71. The minimum absolute atomic E-state index is 0.177. The average Bonchev–Trinajstić information content (AvgIpc) is 3.31. The number of carbonyl (C=O) groups excluding carboxylic acids is 2. The lowest BCUT2D eigenvalue weighted by Crippen LogP contribution is -2.40. The molecule has 0 saturated carbocycles. The van der Waals surface area contributed by atoms with Crippen molar-refractivity contribution in [1.29, 1.82) is 0 Å². The maximum Gasteiger partial charge on any atom is 0.361 e. The summed E-state index contributed by atoms with van der Waals surface area (Å²) in [5, 5.41) is 9.69. The zero-order valence-corrected chi connectivity index (χ0v) is 44.7. The Morgan fingerprint density at radius 2 is 0.826 bits per heavy atom. The van der Waals surface area contributed by atoms with Crippen LogP contribution in [0.15, 0.2) is 97.2 Å². The van der Waals surface area contributed by atoms with Gasteiger partial charge in [-0.15, -0.1) is 0 Å². The van der Waals surface area contributed by atoms with E-state index in [2.05, 4.69) is 111 Å². The van der Waals surface area contributed by atoms with Crippen molar-refractivity contribution in [3.8, 4) is 0 Å². The van der Waals surface area contributed by atoms with E-state index in [4.69, 9.17) is 18.9 Å². The number of quaternary nitrogens is 1. The molecule has 0 aromatic heterocycles. The number of carbonyl (C=O) groups is 3. The average molecular weight is 965 g/mol. The molecule has 0 aliphatic carbocycles. The lowest BCUT2D eigenvalue weighted by Gasteiger charge is -2.25. The highest BCUT2D eigenvalue weighted by molar-refractivity contribution is 5.71. The number of nitrogens with zero attached hydrogens (tertiary/aromatic N) is 1. The standard InChI is InChI=1S/C60H101NO8/c1-6-8-10-12-14-16-18-20-22-24-26-28-29-31-32-34-36-38-40-42-44-46-48-50-57(62)67-54-56(55-68-60(59(64)65)66-53-52-61(3,4)5)69-58(63)51-49-47-45-43-41-39-37-35-33-30-27-25-23-21-19-17-15-13-11-9-7-2/h9,11,15,17-18,20-21,23-24,26-27,29-31,35,37,56,60H,6-8,10,12-14,16,19,22,25,28,32-34,36,38-55H2,1-5H3/p+1/b11-9-,17-15-,20-18-,23-21-,26-24-,30-27-,31-29-,37-35-. The Labute approximate surface area is 422 Å². The van der Waals surface area contributed by atoms with E-state index in [0.717, 1.165) is 109 Å². The Bertz CT molecular complexity index is 1450. The van der Waals surface area contributed by atoms with Crippen molar-refractivity contribution < 1.29 is 42.9 Å². The number of hydrogen-bond acceptors (Lipinski definition) is 7. The highest BCUT2D eigenvalue weighted by Crippen LogP contribution is 2.14. The van der Waals surface area contributed by atoms with Gasteiger partial charge >= 0.3 is 17.9 Å². The Balaban J connectivity index is 4.37. The van der Waals surface area contributed by atoms with Gasteiger partial charge in [-0.3, -0.25) is 9.59 Å². The fourth-order valence-corrected chi connectivity index (χ4v) is 7.10. The molecule has 0 amide bonds. The van der Waals surface area contributed by atoms with Gasteiger partial charge in [0.05, 0.1) is 34.4 Å². The van der Waals surface area contributed by atoms with Gasteiger partial charge < -0.3 is 28.5 Å². The van der Waals surface area contributed by atoms with Gasteiger partial charge in [0.15, 0.2) is 6.10 Å². The van der Waals surface area contributed by atoms with Crippen LogP contribution in [-0.4, -0.2) is 87.4 Å². The first-order valence-corrected chi connectivity index (χ1v) is 27.4. The maximum absolute atomic E-state index is 12.8. The predicted molar refractivity (Wildman–Crippen MR) is 290 cm³/mol. The van der Waals surface area contributed by atoms with Crippen LogP contribution in [-0.2, 0) is 33.3 Å². The molecule has 69 heavy (non-hydrogen) atoms. The molecule has 0 radical (unpaired) electrons. The number of likely N-dealkylation sites (N-methyl/N-ethyl adjacent to an activating group) is 1. The molecule has 0 rings (SSSR count). The summed E-state index contributed by atoms with van der Waals surface area (Å²) >= 11 is 0. The van der Waals surface area contributed by atoms with Gasteiger partial charge in [0.25, 0.3) is 6.29 Å². The van der Waals surface area contributed by atoms with E-state index in [1.807, 2.05) is 21.1 Å². The Kier molecular flexibility index (Phi) is 47.8. The van der Waals surface area contributed by atoms with E-state index < -0.39 is 24.3 Å². The van der Waals surface area contributed by atoms with Crippen LogP contribution in [0, 0.1) is 0 Å². The molecule has 0 aliphatic heterocycles. The highest BCUT2D eigenvalue weighted by atomic mass is 16.7. The molecule has 0 saturated heterocycles. The minimum atomic E-state index is -1.52. The summed E-state index contributed by atoms with van der Waals surface area (Å²) in [5.74, 6) is -2.05. The van der Waals surface area contributed by atoms with Gasteiger partial charge in [-0.05, 0) is 96.3 Å². The third-order valence-corrected chi connectivity index (χ3v) is 11.3. The summed E-state index contributed by atoms with van der Waals surface area (Å²) in [5.41, 5.74) is 0. The van der Waals surface area contributed by atoms with Crippen LogP contribution in [0.25, 0.3) is 0 Å². The van der Waals surface area contributed by atoms with Crippen LogP contribution < -0.4 is 0 Å².